The van der Waals surface area contributed by atoms with Crippen molar-refractivity contribution in [2.24, 2.45) is 0 Å². The monoisotopic (exact) mass is 372 g/mol. The lowest BCUT2D eigenvalue weighted by Crippen LogP contribution is -2.24. The summed E-state index contributed by atoms with van der Waals surface area (Å²) < 4.78 is 38.5. The van der Waals surface area contributed by atoms with Crippen LogP contribution in [-0.4, -0.2) is 20.9 Å². The van der Waals surface area contributed by atoms with Gasteiger partial charge in [0.1, 0.15) is 0 Å². The van der Waals surface area contributed by atoms with E-state index in [0.29, 0.717) is 10.2 Å². The summed E-state index contributed by atoms with van der Waals surface area (Å²) >= 11 is 7.05. The predicted octanol–water partition coefficient (Wildman–Crippen LogP) is 3.69. The number of halogens is 4. The zero-order valence-corrected chi connectivity index (χ0v) is 13.3. The van der Waals surface area contributed by atoms with E-state index in [2.05, 4.69) is 20.3 Å². The first-order chi connectivity index (χ1) is 11.3. The number of thiophene rings is 1. The van der Waals surface area contributed by atoms with Crippen LogP contribution in [0.4, 0.5) is 13.2 Å². The highest BCUT2D eigenvalue weighted by Gasteiger charge is 2.31. The Morgan fingerprint density at radius 3 is 2.83 bits per heavy atom. The molecule has 1 N–H and O–H groups in total. The standard InChI is InChI=1S/C14H8ClF3N4OS/c15-13-21-9-1-2-24-11(9)10(22-13)12(23)20-5-7-3-8(6-19-4-7)14(16,17)18/h1-4,6H,5H2,(H,20,23). The molecular formula is C14H8ClF3N4OS. The zero-order chi connectivity index (χ0) is 17.3. The van der Waals surface area contributed by atoms with Crippen molar-refractivity contribution in [1.29, 1.82) is 0 Å². The molecule has 3 heterocycles. The second-order valence-electron chi connectivity index (χ2n) is 4.74. The molecule has 124 valence electrons. The second kappa shape index (κ2) is 6.33. The van der Waals surface area contributed by atoms with Crippen molar-refractivity contribution in [2.45, 2.75) is 12.7 Å². The van der Waals surface area contributed by atoms with E-state index in [1.165, 1.54) is 17.5 Å². The molecule has 0 aliphatic carbocycles. The van der Waals surface area contributed by atoms with Crippen LogP contribution in [0.3, 0.4) is 0 Å². The summed E-state index contributed by atoms with van der Waals surface area (Å²) in [6.07, 6.45) is -2.51. The number of amides is 1. The minimum atomic E-state index is -4.49. The van der Waals surface area contributed by atoms with E-state index < -0.39 is 17.6 Å². The minimum Gasteiger partial charge on any atom is -0.347 e. The Hall–Kier alpha value is -2.26. The third-order valence-corrected chi connectivity index (χ3v) is 4.15. The number of aromatic nitrogens is 3. The van der Waals surface area contributed by atoms with E-state index in [4.69, 9.17) is 11.6 Å². The van der Waals surface area contributed by atoms with Crippen molar-refractivity contribution in [1.82, 2.24) is 20.3 Å². The average Bonchev–Trinajstić information content (AvgIpc) is 2.99. The van der Waals surface area contributed by atoms with E-state index in [1.54, 1.807) is 11.4 Å². The topological polar surface area (TPSA) is 67.8 Å². The van der Waals surface area contributed by atoms with Crippen LogP contribution < -0.4 is 5.32 Å². The van der Waals surface area contributed by atoms with Gasteiger partial charge >= 0.3 is 6.18 Å². The number of rotatable bonds is 3. The Bertz CT molecular complexity index is 912. The number of alkyl halides is 3. The maximum atomic E-state index is 12.7. The molecule has 0 saturated heterocycles. The molecule has 24 heavy (non-hydrogen) atoms. The zero-order valence-electron chi connectivity index (χ0n) is 11.8. The number of hydrogen-bond donors (Lipinski definition) is 1. The number of pyridine rings is 1. The highest BCUT2D eigenvalue weighted by Crippen LogP contribution is 2.29. The molecule has 0 aliphatic heterocycles. The molecule has 0 fully saturated rings. The summed E-state index contributed by atoms with van der Waals surface area (Å²) in [4.78, 5) is 23.7. The maximum Gasteiger partial charge on any atom is 0.417 e. The first kappa shape index (κ1) is 16.6. The number of fused-ring (bicyclic) bond motifs is 1. The Kier molecular flexibility index (Phi) is 4.37. The molecule has 10 heteroatoms. The van der Waals surface area contributed by atoms with E-state index >= 15 is 0 Å². The third-order valence-electron chi connectivity index (χ3n) is 3.07. The Labute approximate surface area is 142 Å². The second-order valence-corrected chi connectivity index (χ2v) is 5.99. The van der Waals surface area contributed by atoms with Gasteiger partial charge in [0.05, 0.1) is 15.8 Å². The largest absolute Gasteiger partial charge is 0.417 e. The van der Waals surface area contributed by atoms with Gasteiger partial charge in [-0.25, -0.2) is 9.97 Å². The quantitative estimate of drug-likeness (QED) is 0.712. The van der Waals surface area contributed by atoms with Crippen LogP contribution in [0.25, 0.3) is 10.2 Å². The van der Waals surface area contributed by atoms with Crippen molar-refractivity contribution in [3.05, 3.63) is 52.0 Å². The van der Waals surface area contributed by atoms with Crippen molar-refractivity contribution < 1.29 is 18.0 Å². The first-order valence-electron chi connectivity index (χ1n) is 6.54. The Morgan fingerprint density at radius 2 is 2.08 bits per heavy atom. The first-order valence-corrected chi connectivity index (χ1v) is 7.80. The third kappa shape index (κ3) is 3.46. The number of carbonyl (C=O) groups excluding carboxylic acids is 1. The fourth-order valence-electron chi connectivity index (χ4n) is 1.99. The number of carbonyl (C=O) groups is 1. The summed E-state index contributed by atoms with van der Waals surface area (Å²) in [5.74, 6) is -0.552. The molecular weight excluding hydrogens is 365 g/mol. The van der Waals surface area contributed by atoms with Crippen LogP contribution in [-0.2, 0) is 12.7 Å². The number of nitrogens with one attached hydrogen (secondary N) is 1. The number of hydrogen-bond acceptors (Lipinski definition) is 5. The van der Waals surface area contributed by atoms with Gasteiger partial charge in [0.15, 0.2) is 5.69 Å². The summed E-state index contributed by atoms with van der Waals surface area (Å²) in [6.45, 7) is -0.121. The van der Waals surface area contributed by atoms with Crippen LogP contribution in [0, 0.1) is 0 Å². The molecule has 3 aromatic heterocycles. The summed E-state index contributed by atoms with van der Waals surface area (Å²) in [5.41, 5.74) is -0.0356. The molecule has 0 aliphatic rings. The molecule has 5 nitrogen and oxygen atoms in total. The molecule has 0 atom stereocenters. The molecule has 3 aromatic rings. The lowest BCUT2D eigenvalue weighted by atomic mass is 10.2. The van der Waals surface area contributed by atoms with Gasteiger partial charge in [0, 0.05) is 18.9 Å². The van der Waals surface area contributed by atoms with E-state index in [1.807, 2.05) is 0 Å². The molecule has 0 unspecified atom stereocenters. The molecule has 0 radical (unpaired) electrons. The molecule has 0 saturated carbocycles. The highest BCUT2D eigenvalue weighted by molar-refractivity contribution is 7.17. The summed E-state index contributed by atoms with van der Waals surface area (Å²) in [6, 6.07) is 2.63. The van der Waals surface area contributed by atoms with Crippen LogP contribution in [0.5, 0.6) is 0 Å². The SMILES string of the molecule is O=C(NCc1cncc(C(F)(F)F)c1)c1nc(Cl)nc2ccsc12. The molecule has 1 amide bonds. The van der Waals surface area contributed by atoms with E-state index in [-0.39, 0.29) is 23.1 Å². The molecule has 0 spiro atoms. The van der Waals surface area contributed by atoms with Gasteiger partial charge in [-0.3, -0.25) is 9.78 Å². The van der Waals surface area contributed by atoms with Crippen molar-refractivity contribution in [3.63, 3.8) is 0 Å². The van der Waals surface area contributed by atoms with Gasteiger partial charge in [-0.05, 0) is 34.7 Å². The molecule has 0 aromatic carbocycles. The lowest BCUT2D eigenvalue weighted by Gasteiger charge is -2.09. The molecule has 3 rings (SSSR count). The smallest absolute Gasteiger partial charge is 0.347 e. The van der Waals surface area contributed by atoms with Gasteiger partial charge in [0.2, 0.25) is 5.28 Å². The fourth-order valence-corrected chi connectivity index (χ4v) is 2.99. The molecule has 0 bridgehead atoms. The lowest BCUT2D eigenvalue weighted by molar-refractivity contribution is -0.137. The fraction of sp³-hybridized carbons (Fsp3) is 0.143. The number of nitrogens with zero attached hydrogens (tertiary/aromatic N) is 3. The van der Waals surface area contributed by atoms with E-state index in [9.17, 15) is 18.0 Å². The highest BCUT2D eigenvalue weighted by atomic mass is 35.5. The van der Waals surface area contributed by atoms with Gasteiger partial charge < -0.3 is 5.32 Å². The predicted molar refractivity (Wildman–Crippen MR) is 82.8 cm³/mol. The van der Waals surface area contributed by atoms with Crippen LogP contribution in [0.2, 0.25) is 5.28 Å². The van der Waals surface area contributed by atoms with Crippen molar-refractivity contribution in [3.8, 4) is 0 Å². The average molecular weight is 373 g/mol. The van der Waals surface area contributed by atoms with E-state index in [0.717, 1.165) is 12.3 Å². The Morgan fingerprint density at radius 1 is 1.29 bits per heavy atom. The summed E-state index contributed by atoms with van der Waals surface area (Å²) in [5, 5.41) is 4.18. The maximum absolute atomic E-state index is 12.7. The van der Waals surface area contributed by atoms with Crippen LogP contribution in [0.15, 0.2) is 29.9 Å². The van der Waals surface area contributed by atoms with Crippen molar-refractivity contribution in [2.75, 3.05) is 0 Å². The Balaban J connectivity index is 1.79. The van der Waals surface area contributed by atoms with Gasteiger partial charge in [-0.15, -0.1) is 11.3 Å². The normalized spacial score (nSPS) is 11.7. The van der Waals surface area contributed by atoms with Crippen LogP contribution in [0.1, 0.15) is 21.6 Å². The minimum absolute atomic E-state index is 0.0771. The van der Waals surface area contributed by atoms with Gasteiger partial charge in [0.25, 0.3) is 5.91 Å². The van der Waals surface area contributed by atoms with Gasteiger partial charge in [-0.1, -0.05) is 0 Å². The van der Waals surface area contributed by atoms with Gasteiger partial charge in [-0.2, -0.15) is 13.2 Å². The van der Waals surface area contributed by atoms with Crippen molar-refractivity contribution >= 4 is 39.1 Å². The summed E-state index contributed by atoms with van der Waals surface area (Å²) in [7, 11) is 0. The van der Waals surface area contributed by atoms with Crippen LogP contribution >= 0.6 is 22.9 Å².